The summed E-state index contributed by atoms with van der Waals surface area (Å²) in [4.78, 5) is 0. The number of rotatable bonds is 3. The molecule has 2 atom stereocenters. The summed E-state index contributed by atoms with van der Waals surface area (Å²) in [6.45, 7) is 1.07. The minimum absolute atomic E-state index is 0.570. The Bertz CT molecular complexity index is 518. The van der Waals surface area contributed by atoms with Crippen LogP contribution in [0.5, 0.6) is 0 Å². The zero-order chi connectivity index (χ0) is 12.4. The van der Waals surface area contributed by atoms with Gasteiger partial charge in [-0.2, -0.15) is 0 Å². The number of benzene rings is 2. The maximum absolute atomic E-state index is 3.32. The molecule has 0 amide bonds. The molecule has 1 nitrogen and oxygen atoms in total. The van der Waals surface area contributed by atoms with Gasteiger partial charge < -0.3 is 5.32 Å². The Balaban J connectivity index is 1.99. The van der Waals surface area contributed by atoms with E-state index in [1.807, 2.05) is 7.05 Å². The molecule has 1 aliphatic rings. The molecule has 1 heteroatoms. The van der Waals surface area contributed by atoms with Crippen molar-refractivity contribution >= 4 is 0 Å². The lowest BCUT2D eigenvalue weighted by molar-refractivity contribution is 0.597. The van der Waals surface area contributed by atoms with Crippen LogP contribution in [-0.2, 0) is 0 Å². The van der Waals surface area contributed by atoms with Crippen molar-refractivity contribution < 1.29 is 0 Å². The molecule has 2 aromatic carbocycles. The molecule has 18 heavy (non-hydrogen) atoms. The minimum Gasteiger partial charge on any atom is -0.319 e. The minimum atomic E-state index is 0.570. The van der Waals surface area contributed by atoms with Gasteiger partial charge in [0.05, 0.1) is 0 Å². The van der Waals surface area contributed by atoms with Gasteiger partial charge in [0.25, 0.3) is 0 Å². The van der Waals surface area contributed by atoms with Crippen molar-refractivity contribution in [3.63, 3.8) is 0 Å². The van der Waals surface area contributed by atoms with Crippen LogP contribution in [0, 0.1) is 0 Å². The van der Waals surface area contributed by atoms with Crippen LogP contribution in [0.2, 0.25) is 0 Å². The lowest BCUT2D eigenvalue weighted by Gasteiger charge is -2.12. The van der Waals surface area contributed by atoms with E-state index in [2.05, 4.69) is 59.9 Å². The normalized spacial score (nSPS) is 21.8. The molecule has 0 saturated heterocycles. The Labute approximate surface area is 109 Å². The summed E-state index contributed by atoms with van der Waals surface area (Å²) in [6.07, 6.45) is 1.23. The summed E-state index contributed by atoms with van der Waals surface area (Å²) in [5, 5.41) is 3.32. The number of fused-ring (bicyclic) bond motifs is 1. The van der Waals surface area contributed by atoms with Crippen molar-refractivity contribution in [2.75, 3.05) is 13.6 Å². The van der Waals surface area contributed by atoms with Gasteiger partial charge in [0.1, 0.15) is 0 Å². The summed E-state index contributed by atoms with van der Waals surface area (Å²) in [5.41, 5.74) is 4.49. The molecule has 2 aromatic rings. The average Bonchev–Trinajstić information content (AvgIpc) is 2.80. The number of nitrogens with one attached hydrogen (secondary N) is 1. The van der Waals surface area contributed by atoms with Crippen molar-refractivity contribution in [3.8, 4) is 0 Å². The quantitative estimate of drug-likeness (QED) is 0.861. The van der Waals surface area contributed by atoms with Crippen LogP contribution in [-0.4, -0.2) is 13.6 Å². The fourth-order valence-electron chi connectivity index (χ4n) is 3.18. The highest BCUT2D eigenvalue weighted by molar-refractivity contribution is 5.44. The van der Waals surface area contributed by atoms with E-state index < -0.39 is 0 Å². The highest BCUT2D eigenvalue weighted by atomic mass is 14.8. The third kappa shape index (κ3) is 1.95. The molecule has 0 bridgehead atoms. The highest BCUT2D eigenvalue weighted by Gasteiger charge is 2.30. The molecule has 0 radical (unpaired) electrons. The lowest BCUT2D eigenvalue weighted by Crippen LogP contribution is -2.15. The van der Waals surface area contributed by atoms with Gasteiger partial charge in [0.2, 0.25) is 0 Å². The predicted molar refractivity (Wildman–Crippen MR) is 76.0 cm³/mol. The van der Waals surface area contributed by atoms with E-state index in [1.165, 1.54) is 23.1 Å². The second-order valence-electron chi connectivity index (χ2n) is 5.08. The SMILES string of the molecule is CNC[C@H]1C[C@@H](c2ccccc2)c2ccccc21. The van der Waals surface area contributed by atoms with Gasteiger partial charge in [-0.05, 0) is 36.1 Å². The topological polar surface area (TPSA) is 12.0 Å². The molecule has 3 rings (SSSR count). The molecule has 92 valence electrons. The average molecular weight is 237 g/mol. The lowest BCUT2D eigenvalue weighted by atomic mass is 9.93. The number of hydrogen-bond donors (Lipinski definition) is 1. The molecule has 1 N–H and O–H groups in total. The molecule has 0 aromatic heterocycles. The van der Waals surface area contributed by atoms with Crippen LogP contribution in [0.3, 0.4) is 0 Å². The van der Waals surface area contributed by atoms with E-state index in [9.17, 15) is 0 Å². The molecule has 1 aliphatic carbocycles. The van der Waals surface area contributed by atoms with Gasteiger partial charge in [-0.15, -0.1) is 0 Å². The molecule has 0 spiro atoms. The first-order chi connectivity index (χ1) is 8.90. The van der Waals surface area contributed by atoms with Crippen molar-refractivity contribution in [2.24, 2.45) is 0 Å². The van der Waals surface area contributed by atoms with Gasteiger partial charge in [0, 0.05) is 12.5 Å². The Morgan fingerprint density at radius 2 is 1.61 bits per heavy atom. The number of hydrogen-bond acceptors (Lipinski definition) is 1. The molecule has 0 heterocycles. The second-order valence-corrected chi connectivity index (χ2v) is 5.08. The third-order valence-electron chi connectivity index (χ3n) is 3.98. The molecular formula is C17H19N. The van der Waals surface area contributed by atoms with Gasteiger partial charge in [0.15, 0.2) is 0 Å². The van der Waals surface area contributed by atoms with Crippen LogP contribution in [0.15, 0.2) is 54.6 Å². The van der Waals surface area contributed by atoms with Crippen LogP contribution in [0.4, 0.5) is 0 Å². The zero-order valence-electron chi connectivity index (χ0n) is 10.8. The van der Waals surface area contributed by atoms with Gasteiger partial charge in [-0.1, -0.05) is 54.6 Å². The summed E-state index contributed by atoms with van der Waals surface area (Å²) >= 11 is 0. The summed E-state index contributed by atoms with van der Waals surface area (Å²) in [7, 11) is 2.04. The maximum Gasteiger partial charge on any atom is 0.00984 e. The first kappa shape index (κ1) is 11.5. The first-order valence-corrected chi connectivity index (χ1v) is 6.68. The summed E-state index contributed by atoms with van der Waals surface area (Å²) in [5.74, 6) is 1.22. The van der Waals surface area contributed by atoms with E-state index in [1.54, 1.807) is 0 Å². The maximum atomic E-state index is 3.32. The Kier molecular flexibility index (Phi) is 3.16. The summed E-state index contributed by atoms with van der Waals surface area (Å²) in [6, 6.07) is 19.8. The van der Waals surface area contributed by atoms with E-state index in [4.69, 9.17) is 0 Å². The van der Waals surface area contributed by atoms with Crippen molar-refractivity contribution in [2.45, 2.75) is 18.3 Å². The largest absolute Gasteiger partial charge is 0.319 e. The third-order valence-corrected chi connectivity index (χ3v) is 3.98. The van der Waals surface area contributed by atoms with Gasteiger partial charge in [-0.25, -0.2) is 0 Å². The van der Waals surface area contributed by atoms with Crippen LogP contribution >= 0.6 is 0 Å². The second kappa shape index (κ2) is 4.95. The van der Waals surface area contributed by atoms with Crippen LogP contribution in [0.25, 0.3) is 0 Å². The zero-order valence-corrected chi connectivity index (χ0v) is 10.8. The van der Waals surface area contributed by atoms with Gasteiger partial charge in [-0.3, -0.25) is 0 Å². The van der Waals surface area contributed by atoms with E-state index >= 15 is 0 Å². The van der Waals surface area contributed by atoms with E-state index in [0.717, 1.165) is 6.54 Å². The summed E-state index contributed by atoms with van der Waals surface area (Å²) < 4.78 is 0. The standard InChI is InChI=1S/C17H19N/c1-18-12-14-11-17(13-7-3-2-4-8-13)16-10-6-5-9-15(14)16/h2-10,14,17-18H,11-12H2,1H3/t14-,17+/m1/s1. The molecule has 0 saturated carbocycles. The Morgan fingerprint density at radius 1 is 0.944 bits per heavy atom. The smallest absolute Gasteiger partial charge is 0.00984 e. The molecular weight excluding hydrogens is 218 g/mol. The number of likely N-dealkylation sites (N-methyl/N-ethyl adjacent to an activating group) is 1. The first-order valence-electron chi connectivity index (χ1n) is 6.68. The monoisotopic (exact) mass is 237 g/mol. The van der Waals surface area contributed by atoms with E-state index in [-0.39, 0.29) is 0 Å². The Hall–Kier alpha value is -1.60. The molecule has 0 unspecified atom stereocenters. The van der Waals surface area contributed by atoms with Crippen LogP contribution < -0.4 is 5.32 Å². The predicted octanol–water partition coefficient (Wildman–Crippen LogP) is 3.53. The Morgan fingerprint density at radius 3 is 2.33 bits per heavy atom. The fourth-order valence-corrected chi connectivity index (χ4v) is 3.18. The highest BCUT2D eigenvalue weighted by Crippen LogP contribution is 2.44. The van der Waals surface area contributed by atoms with Crippen molar-refractivity contribution in [1.29, 1.82) is 0 Å². The molecule has 0 aliphatic heterocycles. The van der Waals surface area contributed by atoms with Crippen molar-refractivity contribution in [3.05, 3.63) is 71.3 Å². The van der Waals surface area contributed by atoms with Gasteiger partial charge >= 0.3 is 0 Å². The molecule has 0 fully saturated rings. The fraction of sp³-hybridized carbons (Fsp3) is 0.294. The van der Waals surface area contributed by atoms with E-state index in [0.29, 0.717) is 11.8 Å². The van der Waals surface area contributed by atoms with Crippen molar-refractivity contribution in [1.82, 2.24) is 5.32 Å². The van der Waals surface area contributed by atoms with Crippen LogP contribution in [0.1, 0.15) is 34.9 Å².